The van der Waals surface area contributed by atoms with Crippen LogP contribution in [0.2, 0.25) is 0 Å². The maximum Gasteiger partial charge on any atom is 0.389 e. The van der Waals surface area contributed by atoms with E-state index in [2.05, 4.69) is 0 Å². The van der Waals surface area contributed by atoms with Crippen molar-refractivity contribution < 1.29 is 36.3 Å². The Bertz CT molecular complexity index is 449. The van der Waals surface area contributed by atoms with Gasteiger partial charge in [-0.15, -0.1) is 0 Å². The number of hydrogen-bond donors (Lipinski definition) is 3. The van der Waals surface area contributed by atoms with Gasteiger partial charge in [-0.05, 0) is 12.8 Å². The molecule has 0 fully saturated rings. The molecule has 0 saturated heterocycles. The van der Waals surface area contributed by atoms with E-state index in [1.165, 1.54) is 0 Å². The maximum atomic E-state index is 11.9. The highest BCUT2D eigenvalue weighted by molar-refractivity contribution is 7.89. The van der Waals surface area contributed by atoms with Gasteiger partial charge in [-0.2, -0.15) is 13.2 Å². The molecule has 0 aromatic heterocycles. The van der Waals surface area contributed by atoms with Crippen molar-refractivity contribution in [1.82, 2.24) is 4.72 Å². The van der Waals surface area contributed by atoms with Crippen LogP contribution in [0.4, 0.5) is 13.2 Å². The molecule has 0 aliphatic carbocycles. The molecule has 0 bridgehead atoms. The lowest BCUT2D eigenvalue weighted by Crippen LogP contribution is -2.42. The Morgan fingerprint density at radius 2 is 1.85 bits per heavy atom. The first-order valence-electron chi connectivity index (χ1n) is 5.51. The van der Waals surface area contributed by atoms with Gasteiger partial charge in [0.2, 0.25) is 15.9 Å². The summed E-state index contributed by atoms with van der Waals surface area (Å²) in [6, 6.07) is -1.60. The van der Waals surface area contributed by atoms with Crippen LogP contribution >= 0.6 is 0 Å². The number of carbonyl (C=O) groups is 2. The summed E-state index contributed by atoms with van der Waals surface area (Å²) in [7, 11) is -4.18. The zero-order chi connectivity index (χ0) is 16.0. The van der Waals surface area contributed by atoms with E-state index < -0.39 is 52.7 Å². The van der Waals surface area contributed by atoms with Crippen LogP contribution in [0, 0.1) is 0 Å². The second-order valence-electron chi connectivity index (χ2n) is 4.05. The van der Waals surface area contributed by atoms with Gasteiger partial charge < -0.3 is 10.8 Å². The van der Waals surface area contributed by atoms with Gasteiger partial charge in [-0.25, -0.2) is 13.1 Å². The van der Waals surface area contributed by atoms with Crippen molar-refractivity contribution in [2.24, 2.45) is 5.73 Å². The normalized spacial score (nSPS) is 13.9. The number of amides is 1. The van der Waals surface area contributed by atoms with Crippen LogP contribution < -0.4 is 10.5 Å². The molecule has 0 saturated carbocycles. The fraction of sp³-hybridized carbons (Fsp3) is 0.778. The molecule has 0 rings (SSSR count). The number of alkyl halides is 3. The molecule has 0 aromatic carbocycles. The largest absolute Gasteiger partial charge is 0.480 e. The molecule has 1 amide bonds. The Morgan fingerprint density at radius 1 is 1.30 bits per heavy atom. The molecule has 0 spiro atoms. The molecule has 11 heteroatoms. The number of carboxylic acids is 1. The van der Waals surface area contributed by atoms with Gasteiger partial charge in [-0.1, -0.05) is 0 Å². The summed E-state index contributed by atoms with van der Waals surface area (Å²) in [6.45, 7) is 0. The third-order valence-electron chi connectivity index (χ3n) is 2.17. The molecule has 0 aromatic rings. The van der Waals surface area contributed by atoms with Gasteiger partial charge in [0, 0.05) is 12.8 Å². The summed E-state index contributed by atoms with van der Waals surface area (Å²) in [5.41, 5.74) is 4.80. The topological polar surface area (TPSA) is 127 Å². The Hall–Kier alpha value is -1.36. The van der Waals surface area contributed by atoms with Crippen molar-refractivity contribution in [1.29, 1.82) is 0 Å². The number of aliphatic carboxylic acids is 1. The molecule has 20 heavy (non-hydrogen) atoms. The Kier molecular flexibility index (Phi) is 6.92. The van der Waals surface area contributed by atoms with Gasteiger partial charge in [0.25, 0.3) is 0 Å². The van der Waals surface area contributed by atoms with E-state index in [4.69, 9.17) is 10.8 Å². The molecule has 7 nitrogen and oxygen atoms in total. The zero-order valence-corrected chi connectivity index (χ0v) is 11.1. The number of hydrogen-bond acceptors (Lipinski definition) is 4. The third kappa shape index (κ3) is 9.55. The SMILES string of the molecule is NC(=O)CC[C@@H](NS(=O)(=O)CCCC(F)(F)F)C(=O)O. The van der Waals surface area contributed by atoms with E-state index in [-0.39, 0.29) is 12.8 Å². The summed E-state index contributed by atoms with van der Waals surface area (Å²) >= 11 is 0. The first-order chi connectivity index (χ1) is 8.93. The van der Waals surface area contributed by atoms with Gasteiger partial charge >= 0.3 is 12.1 Å². The van der Waals surface area contributed by atoms with Crippen LogP contribution in [0.25, 0.3) is 0 Å². The molecule has 118 valence electrons. The maximum absolute atomic E-state index is 11.9. The molecule has 0 radical (unpaired) electrons. The summed E-state index contributed by atoms with van der Waals surface area (Å²) in [4.78, 5) is 21.3. The number of carbonyl (C=O) groups excluding carboxylic acids is 1. The van der Waals surface area contributed by atoms with E-state index in [0.717, 1.165) is 0 Å². The lowest BCUT2D eigenvalue weighted by Gasteiger charge is -2.14. The van der Waals surface area contributed by atoms with Crippen molar-refractivity contribution in [3.05, 3.63) is 0 Å². The van der Waals surface area contributed by atoms with Crippen LogP contribution in [-0.2, 0) is 19.6 Å². The predicted octanol–water partition coefficient (Wildman–Crippen LogP) is -0.0330. The summed E-state index contributed by atoms with van der Waals surface area (Å²) in [6.07, 6.45) is -7.17. The monoisotopic (exact) mass is 320 g/mol. The van der Waals surface area contributed by atoms with E-state index >= 15 is 0 Å². The molecule has 0 aliphatic rings. The van der Waals surface area contributed by atoms with E-state index in [1.807, 2.05) is 0 Å². The van der Waals surface area contributed by atoms with Gasteiger partial charge in [0.05, 0.1) is 5.75 Å². The minimum absolute atomic E-state index is 0.359. The molecule has 1 atom stereocenters. The highest BCUT2D eigenvalue weighted by atomic mass is 32.2. The van der Waals surface area contributed by atoms with Crippen molar-refractivity contribution in [3.63, 3.8) is 0 Å². The zero-order valence-electron chi connectivity index (χ0n) is 10.3. The van der Waals surface area contributed by atoms with Gasteiger partial charge in [0.15, 0.2) is 0 Å². The van der Waals surface area contributed by atoms with E-state index in [1.54, 1.807) is 4.72 Å². The second kappa shape index (κ2) is 7.43. The van der Waals surface area contributed by atoms with Crippen LogP contribution in [0.3, 0.4) is 0 Å². The number of halogens is 3. The first-order valence-corrected chi connectivity index (χ1v) is 7.16. The lowest BCUT2D eigenvalue weighted by atomic mass is 10.2. The Balaban J connectivity index is 4.45. The van der Waals surface area contributed by atoms with Crippen molar-refractivity contribution in [2.75, 3.05) is 5.75 Å². The summed E-state index contributed by atoms with van der Waals surface area (Å²) in [5, 5.41) is 8.75. The van der Waals surface area contributed by atoms with E-state index in [9.17, 15) is 31.2 Å². The molecular formula is C9H15F3N2O5S. The van der Waals surface area contributed by atoms with Gasteiger partial charge in [0.1, 0.15) is 6.04 Å². The average Bonchev–Trinajstić information content (AvgIpc) is 2.21. The minimum atomic E-state index is -4.48. The predicted molar refractivity (Wildman–Crippen MR) is 62.1 cm³/mol. The third-order valence-corrected chi connectivity index (χ3v) is 3.64. The average molecular weight is 320 g/mol. The minimum Gasteiger partial charge on any atom is -0.480 e. The highest BCUT2D eigenvalue weighted by Gasteiger charge is 2.29. The van der Waals surface area contributed by atoms with Crippen LogP contribution in [0.1, 0.15) is 25.7 Å². The smallest absolute Gasteiger partial charge is 0.389 e. The van der Waals surface area contributed by atoms with Crippen molar-refractivity contribution >= 4 is 21.9 Å². The molecule has 0 unspecified atom stereocenters. The summed E-state index contributed by atoms with van der Waals surface area (Å²) < 4.78 is 60.2. The number of nitrogens with one attached hydrogen (secondary N) is 1. The molecular weight excluding hydrogens is 305 g/mol. The van der Waals surface area contributed by atoms with Crippen molar-refractivity contribution in [3.8, 4) is 0 Å². The number of primary amides is 1. The number of carboxylic acid groups (broad SMARTS) is 1. The fourth-order valence-corrected chi connectivity index (χ4v) is 2.55. The Morgan fingerprint density at radius 3 is 2.25 bits per heavy atom. The summed E-state index contributed by atoms with van der Waals surface area (Å²) in [5.74, 6) is -3.20. The standard InChI is InChI=1S/C9H15F3N2O5S/c10-9(11,12)4-1-5-20(18,19)14-6(8(16)17)2-3-7(13)15/h6,14H,1-5H2,(H2,13,15)(H,16,17)/t6-/m1/s1. The Labute approximate surface area is 113 Å². The van der Waals surface area contributed by atoms with Gasteiger partial charge in [-0.3, -0.25) is 9.59 Å². The fourth-order valence-electron chi connectivity index (χ4n) is 1.26. The number of nitrogens with two attached hydrogens (primary N) is 1. The van der Waals surface area contributed by atoms with Crippen LogP contribution in [-0.4, -0.2) is 43.4 Å². The number of sulfonamides is 1. The van der Waals surface area contributed by atoms with Crippen molar-refractivity contribution in [2.45, 2.75) is 37.9 Å². The van der Waals surface area contributed by atoms with Crippen LogP contribution in [0.5, 0.6) is 0 Å². The lowest BCUT2D eigenvalue weighted by molar-refractivity contribution is -0.139. The molecule has 4 N–H and O–H groups in total. The first kappa shape index (κ1) is 18.6. The van der Waals surface area contributed by atoms with Crippen LogP contribution in [0.15, 0.2) is 0 Å². The molecule has 0 aliphatic heterocycles. The quantitative estimate of drug-likeness (QED) is 0.550. The van der Waals surface area contributed by atoms with E-state index in [0.29, 0.717) is 0 Å². The number of rotatable bonds is 9. The highest BCUT2D eigenvalue weighted by Crippen LogP contribution is 2.21. The molecule has 0 heterocycles. The second-order valence-corrected chi connectivity index (χ2v) is 5.92.